The number of hydrogen-bond donors (Lipinski definition) is 1. The summed E-state index contributed by atoms with van der Waals surface area (Å²) in [4.78, 5) is 15.4. The Kier molecular flexibility index (Phi) is 5.98. The number of nitriles is 1. The van der Waals surface area contributed by atoms with Gasteiger partial charge in [-0.05, 0) is 31.2 Å². The maximum Gasteiger partial charge on any atom is 0.239 e. The largest absolute Gasteiger partial charge is 0.343 e. The quantitative estimate of drug-likeness (QED) is 0.841. The molecule has 4 nitrogen and oxygen atoms in total. The number of rotatable bonds is 7. The summed E-state index contributed by atoms with van der Waals surface area (Å²) in [5, 5.41) is 14.2. The van der Waals surface area contributed by atoms with Gasteiger partial charge in [0.2, 0.25) is 5.91 Å². The fourth-order valence-corrected chi connectivity index (χ4v) is 4.22. The summed E-state index contributed by atoms with van der Waals surface area (Å²) in [6, 6.07) is 6.21. The first-order valence-electron chi connectivity index (χ1n) is 7.98. The van der Waals surface area contributed by atoms with Crippen LogP contribution in [0.4, 0.5) is 0 Å². The Bertz CT molecular complexity index is 515. The molecule has 1 aromatic heterocycles. The van der Waals surface area contributed by atoms with E-state index in [9.17, 15) is 4.79 Å². The number of likely N-dealkylation sites (N-methyl/N-ethyl adjacent to an activating group) is 1. The average molecular weight is 319 g/mol. The summed E-state index contributed by atoms with van der Waals surface area (Å²) in [7, 11) is 1.77. The van der Waals surface area contributed by atoms with Gasteiger partial charge < -0.3 is 10.2 Å². The lowest BCUT2D eigenvalue weighted by molar-refractivity contribution is -0.131. The molecule has 0 radical (unpaired) electrons. The monoisotopic (exact) mass is 319 g/mol. The van der Waals surface area contributed by atoms with Crippen molar-refractivity contribution in [1.29, 1.82) is 5.26 Å². The molecule has 5 heteroatoms. The van der Waals surface area contributed by atoms with Crippen LogP contribution in [0, 0.1) is 11.3 Å². The lowest BCUT2D eigenvalue weighted by Gasteiger charge is -2.30. The molecule has 0 aliphatic heterocycles. The molecule has 1 aliphatic rings. The van der Waals surface area contributed by atoms with Gasteiger partial charge in [0, 0.05) is 30.4 Å². The number of thiophene rings is 1. The molecular formula is C17H25N3OS. The second-order valence-corrected chi connectivity index (χ2v) is 7.18. The van der Waals surface area contributed by atoms with Crippen LogP contribution >= 0.6 is 11.3 Å². The van der Waals surface area contributed by atoms with Crippen LogP contribution in [0.2, 0.25) is 0 Å². The zero-order valence-corrected chi connectivity index (χ0v) is 14.3. The van der Waals surface area contributed by atoms with E-state index in [0.29, 0.717) is 13.0 Å². The third-order valence-electron chi connectivity index (χ3n) is 4.66. The van der Waals surface area contributed by atoms with Gasteiger partial charge in [-0.15, -0.1) is 11.3 Å². The lowest BCUT2D eigenvalue weighted by atomic mass is 9.84. The second kappa shape index (κ2) is 7.75. The van der Waals surface area contributed by atoms with Gasteiger partial charge in [-0.25, -0.2) is 0 Å². The molecule has 1 N–H and O–H groups in total. The molecule has 0 unspecified atom stereocenters. The third kappa shape index (κ3) is 3.88. The van der Waals surface area contributed by atoms with E-state index in [-0.39, 0.29) is 17.4 Å². The summed E-state index contributed by atoms with van der Waals surface area (Å²) in [5.41, 5.74) is 0.202. The Morgan fingerprint density at radius 1 is 1.55 bits per heavy atom. The van der Waals surface area contributed by atoms with Crippen molar-refractivity contribution in [1.82, 2.24) is 10.2 Å². The Balaban J connectivity index is 1.93. The summed E-state index contributed by atoms with van der Waals surface area (Å²) >= 11 is 1.83. The first-order valence-corrected chi connectivity index (χ1v) is 8.86. The van der Waals surface area contributed by atoms with Crippen LogP contribution in [0.25, 0.3) is 0 Å². The van der Waals surface area contributed by atoms with Gasteiger partial charge in [0.05, 0.1) is 18.5 Å². The smallest absolute Gasteiger partial charge is 0.239 e. The molecule has 1 aromatic rings. The van der Waals surface area contributed by atoms with E-state index in [1.165, 1.54) is 30.6 Å². The minimum absolute atomic E-state index is 0.0644. The second-order valence-electron chi connectivity index (χ2n) is 6.24. The van der Waals surface area contributed by atoms with Crippen molar-refractivity contribution in [2.45, 2.75) is 50.5 Å². The lowest BCUT2D eigenvalue weighted by Crippen LogP contribution is -2.47. The van der Waals surface area contributed by atoms with Crippen molar-refractivity contribution in [2.24, 2.45) is 0 Å². The molecular weight excluding hydrogens is 294 g/mol. The normalized spacial score (nSPS) is 17.9. The van der Waals surface area contributed by atoms with Crippen molar-refractivity contribution in [3.8, 4) is 6.07 Å². The fraction of sp³-hybridized carbons (Fsp3) is 0.647. The highest BCUT2D eigenvalue weighted by Gasteiger charge is 2.37. The van der Waals surface area contributed by atoms with Crippen LogP contribution in [-0.2, 0) is 10.2 Å². The van der Waals surface area contributed by atoms with E-state index in [1.54, 1.807) is 11.9 Å². The van der Waals surface area contributed by atoms with E-state index in [2.05, 4.69) is 28.9 Å². The summed E-state index contributed by atoms with van der Waals surface area (Å²) < 4.78 is 0. The number of carbonyl (C=O) groups is 1. The minimum Gasteiger partial charge on any atom is -0.343 e. The van der Waals surface area contributed by atoms with E-state index in [0.717, 1.165) is 6.54 Å². The molecule has 0 bridgehead atoms. The molecule has 1 amide bonds. The summed E-state index contributed by atoms with van der Waals surface area (Å²) in [6.45, 7) is 3.27. The highest BCUT2D eigenvalue weighted by Crippen LogP contribution is 2.42. The van der Waals surface area contributed by atoms with Gasteiger partial charge in [0.25, 0.3) is 0 Å². The highest BCUT2D eigenvalue weighted by atomic mass is 32.1. The van der Waals surface area contributed by atoms with Crippen LogP contribution in [-0.4, -0.2) is 37.0 Å². The average Bonchev–Trinajstić information content (AvgIpc) is 3.20. The minimum atomic E-state index is -0.207. The molecule has 0 saturated heterocycles. The van der Waals surface area contributed by atoms with Crippen molar-refractivity contribution >= 4 is 17.2 Å². The number of carbonyl (C=O) groups excluding carboxylic acids is 1. The number of amides is 1. The predicted molar refractivity (Wildman–Crippen MR) is 89.8 cm³/mol. The van der Waals surface area contributed by atoms with Gasteiger partial charge >= 0.3 is 0 Å². The molecule has 1 aliphatic carbocycles. The fourth-order valence-electron chi connectivity index (χ4n) is 3.24. The van der Waals surface area contributed by atoms with E-state index in [1.807, 2.05) is 18.3 Å². The zero-order chi connectivity index (χ0) is 16.0. The highest BCUT2D eigenvalue weighted by molar-refractivity contribution is 7.10. The molecule has 0 aromatic carbocycles. The first-order chi connectivity index (χ1) is 10.6. The van der Waals surface area contributed by atoms with Crippen molar-refractivity contribution < 1.29 is 4.79 Å². The maximum atomic E-state index is 12.3. The van der Waals surface area contributed by atoms with E-state index < -0.39 is 0 Å². The molecule has 120 valence electrons. The van der Waals surface area contributed by atoms with E-state index >= 15 is 0 Å². The number of hydrogen-bond acceptors (Lipinski definition) is 4. The van der Waals surface area contributed by atoms with Crippen LogP contribution in [0.1, 0.15) is 43.9 Å². The van der Waals surface area contributed by atoms with Crippen molar-refractivity contribution in [3.05, 3.63) is 22.4 Å². The summed E-state index contributed by atoms with van der Waals surface area (Å²) in [6.07, 6.45) is 5.32. The van der Waals surface area contributed by atoms with Gasteiger partial charge in [0.15, 0.2) is 0 Å². The van der Waals surface area contributed by atoms with Gasteiger partial charge in [0.1, 0.15) is 0 Å². The summed E-state index contributed by atoms with van der Waals surface area (Å²) in [5.74, 6) is 0.0644. The van der Waals surface area contributed by atoms with Crippen LogP contribution in [0.3, 0.4) is 0 Å². The Hall–Kier alpha value is -1.38. The SMILES string of the molecule is C[C@H](NCC1(c2cccs2)CCCC1)C(=O)N(C)CCC#N. The van der Waals surface area contributed by atoms with Crippen LogP contribution in [0.15, 0.2) is 17.5 Å². The number of nitrogens with zero attached hydrogens (tertiary/aromatic N) is 2. The molecule has 0 spiro atoms. The Labute approximate surface area is 137 Å². The van der Waals surface area contributed by atoms with Gasteiger partial charge in [-0.3, -0.25) is 4.79 Å². The van der Waals surface area contributed by atoms with Crippen LogP contribution in [0.5, 0.6) is 0 Å². The topological polar surface area (TPSA) is 56.1 Å². The Morgan fingerprint density at radius 2 is 2.27 bits per heavy atom. The molecule has 1 saturated carbocycles. The zero-order valence-electron chi connectivity index (χ0n) is 13.5. The van der Waals surface area contributed by atoms with E-state index in [4.69, 9.17) is 5.26 Å². The molecule has 2 rings (SSSR count). The molecule has 1 heterocycles. The molecule has 1 fully saturated rings. The Morgan fingerprint density at radius 3 is 2.86 bits per heavy atom. The van der Waals surface area contributed by atoms with Crippen molar-refractivity contribution in [3.63, 3.8) is 0 Å². The van der Waals surface area contributed by atoms with Gasteiger partial charge in [-0.2, -0.15) is 5.26 Å². The third-order valence-corrected chi connectivity index (χ3v) is 5.77. The molecule has 1 atom stereocenters. The standard InChI is InChI=1S/C17H25N3OS/c1-14(16(21)20(2)11-6-10-18)19-13-17(8-3-4-9-17)15-7-5-12-22-15/h5,7,12,14,19H,3-4,6,8-9,11,13H2,1-2H3/t14-/m0/s1. The maximum absolute atomic E-state index is 12.3. The van der Waals surface area contributed by atoms with Crippen molar-refractivity contribution in [2.75, 3.05) is 20.1 Å². The van der Waals surface area contributed by atoms with Gasteiger partial charge in [-0.1, -0.05) is 18.9 Å². The first kappa shape index (κ1) is 17.0. The van der Waals surface area contributed by atoms with Crippen LogP contribution < -0.4 is 5.32 Å². The molecule has 22 heavy (non-hydrogen) atoms. The number of nitrogens with one attached hydrogen (secondary N) is 1. The predicted octanol–water partition coefficient (Wildman–Crippen LogP) is 2.91.